The van der Waals surface area contributed by atoms with Crippen LogP contribution in [0.15, 0.2) is 97.1 Å². The van der Waals surface area contributed by atoms with E-state index >= 15 is 0 Å². The summed E-state index contributed by atoms with van der Waals surface area (Å²) in [6.07, 6.45) is 0.479. The van der Waals surface area contributed by atoms with Gasteiger partial charge in [-0.05, 0) is 60.5 Å². The minimum absolute atomic E-state index is 0.294. The molecule has 1 atom stereocenters. The van der Waals surface area contributed by atoms with Crippen molar-refractivity contribution in [2.24, 2.45) is 5.92 Å². The molecular weight excluding hydrogens is 512 g/mol. The van der Waals surface area contributed by atoms with Crippen molar-refractivity contribution in [2.45, 2.75) is 39.6 Å². The first-order valence-corrected chi connectivity index (χ1v) is 13.2. The summed E-state index contributed by atoms with van der Waals surface area (Å²) in [5.74, 6) is -0.481. The van der Waals surface area contributed by atoms with Crippen molar-refractivity contribution < 1.29 is 28.2 Å². The van der Waals surface area contributed by atoms with Gasteiger partial charge in [0.15, 0.2) is 0 Å². The van der Waals surface area contributed by atoms with Gasteiger partial charge in [-0.15, -0.1) is 0 Å². The Balaban J connectivity index is 1.50. The van der Waals surface area contributed by atoms with Crippen LogP contribution < -0.4 is 9.47 Å². The molecule has 1 N–H and O–H groups in total. The maximum atomic E-state index is 13.3. The summed E-state index contributed by atoms with van der Waals surface area (Å²) >= 11 is 0. The number of benzene rings is 4. The summed E-state index contributed by atoms with van der Waals surface area (Å²) < 4.78 is 38.8. The third-order valence-corrected chi connectivity index (χ3v) is 6.65. The quantitative estimate of drug-likeness (QED) is 0.181. The average Bonchev–Trinajstić information content (AvgIpc) is 2.96. The normalized spacial score (nSPS) is 11.8. The molecule has 4 aromatic carbocycles. The zero-order chi connectivity index (χ0) is 28.3. The molecule has 5 nitrogen and oxygen atoms in total. The Morgan fingerprint density at radius 1 is 0.725 bits per heavy atom. The highest BCUT2D eigenvalue weighted by atomic mass is 19.1. The maximum absolute atomic E-state index is 13.3. The van der Waals surface area contributed by atoms with E-state index in [4.69, 9.17) is 9.47 Å². The Morgan fingerprint density at radius 3 is 1.57 bits per heavy atom. The molecule has 0 bridgehead atoms. The van der Waals surface area contributed by atoms with E-state index < -0.39 is 11.9 Å². The van der Waals surface area contributed by atoms with E-state index in [1.165, 1.54) is 24.3 Å². The van der Waals surface area contributed by atoms with Crippen LogP contribution in [0.1, 0.15) is 35.6 Å². The first kappa shape index (κ1) is 28.8. The largest absolute Gasteiger partial charge is 0.489 e. The maximum Gasteiger partial charge on any atom is 0.306 e. The van der Waals surface area contributed by atoms with Gasteiger partial charge in [-0.25, -0.2) is 8.78 Å². The van der Waals surface area contributed by atoms with Crippen LogP contribution in [-0.2, 0) is 31.1 Å². The Bertz CT molecular complexity index is 1280. The molecule has 7 heteroatoms. The van der Waals surface area contributed by atoms with Gasteiger partial charge in [-0.1, -0.05) is 67.6 Å². The highest BCUT2D eigenvalue weighted by Gasteiger charge is 2.17. The van der Waals surface area contributed by atoms with Crippen LogP contribution in [0.4, 0.5) is 8.78 Å². The van der Waals surface area contributed by atoms with Gasteiger partial charge in [0.25, 0.3) is 0 Å². The van der Waals surface area contributed by atoms with Gasteiger partial charge in [-0.3, -0.25) is 9.69 Å². The summed E-state index contributed by atoms with van der Waals surface area (Å²) in [6, 6.07) is 27.9. The number of halogens is 2. The number of carbonyl (C=O) groups is 1. The molecular formula is C33H33F2NO4. The molecule has 0 aliphatic rings. The molecule has 4 rings (SSSR count). The standard InChI is InChI=1S/C33H33F2NO4/c1-24(33(37)38)18-19-36(20-27-6-2-4-8-31(27)39-22-25-10-14-29(34)15-11-25)21-28-7-3-5-9-32(28)40-23-26-12-16-30(35)17-13-26/h2-17,24H,18-23H2,1H3,(H,37,38). The van der Waals surface area contributed by atoms with Crippen molar-refractivity contribution in [1.29, 1.82) is 0 Å². The molecule has 0 spiro atoms. The first-order valence-electron chi connectivity index (χ1n) is 13.2. The lowest BCUT2D eigenvalue weighted by atomic mass is 10.1. The van der Waals surface area contributed by atoms with Crippen LogP contribution in [-0.4, -0.2) is 22.5 Å². The fraction of sp³-hybridized carbons (Fsp3) is 0.242. The fourth-order valence-corrected chi connectivity index (χ4v) is 4.23. The zero-order valence-corrected chi connectivity index (χ0v) is 22.4. The predicted molar refractivity (Wildman–Crippen MR) is 150 cm³/mol. The molecule has 0 saturated carbocycles. The van der Waals surface area contributed by atoms with Crippen LogP contribution in [0.2, 0.25) is 0 Å². The van der Waals surface area contributed by atoms with E-state index in [0.29, 0.717) is 50.8 Å². The molecule has 1 unspecified atom stereocenters. The zero-order valence-electron chi connectivity index (χ0n) is 22.4. The number of nitrogens with zero attached hydrogens (tertiary/aromatic N) is 1. The molecule has 0 fully saturated rings. The van der Waals surface area contributed by atoms with Crippen molar-refractivity contribution in [2.75, 3.05) is 6.54 Å². The van der Waals surface area contributed by atoms with E-state index in [9.17, 15) is 18.7 Å². The minimum Gasteiger partial charge on any atom is -0.489 e. The molecule has 0 aliphatic heterocycles. The lowest BCUT2D eigenvalue weighted by molar-refractivity contribution is -0.141. The number of hydrogen-bond acceptors (Lipinski definition) is 4. The van der Waals surface area contributed by atoms with Gasteiger partial charge in [0.05, 0.1) is 5.92 Å². The van der Waals surface area contributed by atoms with E-state index in [0.717, 1.165) is 22.3 Å². The molecule has 0 amide bonds. The van der Waals surface area contributed by atoms with Crippen LogP contribution >= 0.6 is 0 Å². The van der Waals surface area contributed by atoms with Crippen molar-refractivity contribution in [1.82, 2.24) is 4.90 Å². The fourth-order valence-electron chi connectivity index (χ4n) is 4.23. The topological polar surface area (TPSA) is 59.0 Å². The Labute approximate surface area is 233 Å². The summed E-state index contributed by atoms with van der Waals surface area (Å²) in [4.78, 5) is 13.7. The monoisotopic (exact) mass is 545 g/mol. The molecule has 4 aromatic rings. The van der Waals surface area contributed by atoms with Crippen molar-refractivity contribution in [3.8, 4) is 11.5 Å². The lowest BCUT2D eigenvalue weighted by Gasteiger charge is -2.25. The molecule has 0 radical (unpaired) electrons. The highest BCUT2D eigenvalue weighted by Crippen LogP contribution is 2.26. The van der Waals surface area contributed by atoms with Crippen LogP contribution in [0.25, 0.3) is 0 Å². The number of ether oxygens (including phenoxy) is 2. The van der Waals surface area contributed by atoms with Crippen molar-refractivity contribution >= 4 is 5.97 Å². The molecule has 208 valence electrons. The number of hydrogen-bond donors (Lipinski definition) is 1. The number of carboxylic acid groups (broad SMARTS) is 1. The predicted octanol–water partition coefficient (Wildman–Crippen LogP) is 7.24. The molecule has 0 saturated heterocycles. The summed E-state index contributed by atoms with van der Waals surface area (Å²) in [5, 5.41) is 9.45. The van der Waals surface area contributed by atoms with Gasteiger partial charge in [0, 0.05) is 24.2 Å². The second-order valence-electron chi connectivity index (χ2n) is 9.78. The third-order valence-electron chi connectivity index (χ3n) is 6.65. The van der Waals surface area contributed by atoms with Gasteiger partial charge in [-0.2, -0.15) is 0 Å². The van der Waals surface area contributed by atoms with Crippen molar-refractivity contribution in [3.05, 3.63) is 131 Å². The summed E-state index contributed by atoms with van der Waals surface area (Å²) in [6.45, 7) is 3.91. The van der Waals surface area contributed by atoms with E-state index in [1.807, 2.05) is 48.5 Å². The Hall–Kier alpha value is -4.23. The summed E-state index contributed by atoms with van der Waals surface area (Å²) in [5.41, 5.74) is 3.63. The van der Waals surface area contributed by atoms with Gasteiger partial charge < -0.3 is 14.6 Å². The molecule has 0 aromatic heterocycles. The number of rotatable bonds is 14. The molecule has 40 heavy (non-hydrogen) atoms. The lowest BCUT2D eigenvalue weighted by Crippen LogP contribution is -2.27. The number of aliphatic carboxylic acids is 1. The SMILES string of the molecule is CC(CCN(Cc1ccccc1OCc1ccc(F)cc1)Cc1ccccc1OCc1ccc(F)cc1)C(=O)O. The van der Waals surface area contributed by atoms with Crippen LogP contribution in [0.5, 0.6) is 11.5 Å². The van der Waals surface area contributed by atoms with E-state index in [-0.39, 0.29) is 11.6 Å². The average molecular weight is 546 g/mol. The van der Waals surface area contributed by atoms with Gasteiger partial charge in [0.2, 0.25) is 0 Å². The van der Waals surface area contributed by atoms with Crippen LogP contribution in [0, 0.1) is 17.6 Å². The first-order chi connectivity index (χ1) is 19.4. The van der Waals surface area contributed by atoms with Crippen LogP contribution in [0.3, 0.4) is 0 Å². The minimum atomic E-state index is -0.828. The number of para-hydroxylation sites is 2. The van der Waals surface area contributed by atoms with E-state index in [1.54, 1.807) is 31.2 Å². The molecule has 0 heterocycles. The number of carboxylic acids is 1. The van der Waals surface area contributed by atoms with E-state index in [2.05, 4.69) is 4.90 Å². The molecule has 0 aliphatic carbocycles. The smallest absolute Gasteiger partial charge is 0.306 e. The highest BCUT2D eigenvalue weighted by molar-refractivity contribution is 5.69. The Morgan fingerprint density at radius 2 is 1.15 bits per heavy atom. The van der Waals surface area contributed by atoms with Crippen molar-refractivity contribution in [3.63, 3.8) is 0 Å². The van der Waals surface area contributed by atoms with Gasteiger partial charge >= 0.3 is 5.97 Å². The summed E-state index contributed by atoms with van der Waals surface area (Å²) in [7, 11) is 0. The second-order valence-corrected chi connectivity index (χ2v) is 9.78. The van der Waals surface area contributed by atoms with Gasteiger partial charge in [0.1, 0.15) is 36.3 Å². The third kappa shape index (κ3) is 8.64. The Kier molecular flexibility index (Phi) is 10.2. The second kappa shape index (κ2) is 14.2.